The average molecular weight is 1020 g/mol. The molecule has 8 saturated heterocycles. The average Bonchev–Trinajstić information content (AvgIpc) is 4.24. The van der Waals surface area contributed by atoms with Crippen molar-refractivity contribution in [3.05, 3.63) is 95.1 Å². The van der Waals surface area contributed by atoms with Crippen molar-refractivity contribution in [2.75, 3.05) is 106 Å². The van der Waals surface area contributed by atoms with E-state index in [-0.39, 0.29) is 48.8 Å². The van der Waals surface area contributed by atoms with Crippen LogP contribution in [0.4, 0.5) is 0 Å². The summed E-state index contributed by atoms with van der Waals surface area (Å²) >= 11 is 0. The van der Waals surface area contributed by atoms with Crippen molar-refractivity contribution in [1.82, 2.24) is 0 Å². The number of epoxide rings is 8. The quantitative estimate of drug-likeness (QED) is 0.0576. The Morgan fingerprint density at radius 1 is 0.270 bits per heavy atom. The van der Waals surface area contributed by atoms with Gasteiger partial charge in [0.15, 0.2) is 0 Å². The van der Waals surface area contributed by atoms with Crippen molar-refractivity contribution in [2.45, 2.75) is 109 Å². The third kappa shape index (κ3) is 9.97. The zero-order valence-electron chi connectivity index (χ0n) is 41.6. The first-order valence-corrected chi connectivity index (χ1v) is 26.9. The van der Waals surface area contributed by atoms with Gasteiger partial charge in [-0.15, -0.1) is 0 Å². The lowest BCUT2D eigenvalue weighted by molar-refractivity contribution is -0.0723. The van der Waals surface area contributed by atoms with Crippen LogP contribution in [0.2, 0.25) is 0 Å². The fourth-order valence-corrected chi connectivity index (χ4v) is 13.1. The second-order valence-corrected chi connectivity index (χ2v) is 22.9. The van der Waals surface area contributed by atoms with Crippen LogP contribution in [-0.4, -0.2) is 155 Å². The smallest absolute Gasteiger partial charge is 0.123 e. The Morgan fingerprint density at radius 3 is 0.622 bits per heavy atom. The molecule has 4 aliphatic carbocycles. The zero-order chi connectivity index (χ0) is 48.9. The molecule has 4 aromatic rings. The third-order valence-electron chi connectivity index (χ3n) is 16.8. The maximum Gasteiger partial charge on any atom is 0.123 e. The molecule has 8 aliphatic heterocycles. The molecule has 392 valence electrons. The van der Waals surface area contributed by atoms with Gasteiger partial charge in [-0.3, -0.25) is 0 Å². The van der Waals surface area contributed by atoms with Gasteiger partial charge >= 0.3 is 0 Å². The van der Waals surface area contributed by atoms with Crippen molar-refractivity contribution in [3.63, 3.8) is 0 Å². The maximum atomic E-state index is 6.97. The summed E-state index contributed by atoms with van der Waals surface area (Å²) in [7, 11) is 0. The van der Waals surface area contributed by atoms with Crippen molar-refractivity contribution in [3.8, 4) is 46.0 Å². The Kier molecular flexibility index (Phi) is 11.5. The minimum absolute atomic E-state index is 0.0444. The predicted molar refractivity (Wildman–Crippen MR) is 262 cm³/mol. The van der Waals surface area contributed by atoms with E-state index in [0.29, 0.717) is 106 Å². The largest absolute Gasteiger partial charge is 0.491 e. The molecule has 16 rings (SSSR count). The molecule has 16 heteroatoms. The van der Waals surface area contributed by atoms with E-state index in [1.165, 1.54) is 0 Å². The highest BCUT2D eigenvalue weighted by Gasteiger charge is 2.71. The van der Waals surface area contributed by atoms with Gasteiger partial charge in [0.2, 0.25) is 0 Å². The van der Waals surface area contributed by atoms with Gasteiger partial charge in [-0.1, -0.05) is 0 Å². The van der Waals surface area contributed by atoms with E-state index in [2.05, 4.69) is 48.5 Å². The Bertz CT molecular complexity index is 2330. The van der Waals surface area contributed by atoms with Crippen LogP contribution in [0.15, 0.2) is 72.8 Å². The Balaban J connectivity index is 0.961. The van der Waals surface area contributed by atoms with E-state index in [4.69, 9.17) is 75.8 Å². The Morgan fingerprint density at radius 2 is 0.446 bits per heavy atom. The first-order chi connectivity index (χ1) is 36.3. The van der Waals surface area contributed by atoms with Crippen LogP contribution in [0.1, 0.15) is 60.8 Å². The first kappa shape index (κ1) is 46.3. The van der Waals surface area contributed by atoms with Crippen molar-refractivity contribution in [2.24, 2.45) is 0 Å². The molecule has 0 aromatic heterocycles. The second-order valence-electron chi connectivity index (χ2n) is 22.9. The molecule has 12 fully saturated rings. The van der Waals surface area contributed by atoms with Crippen LogP contribution in [0.5, 0.6) is 46.0 Å². The van der Waals surface area contributed by atoms with Crippen LogP contribution in [0, 0.1) is 0 Å². The number of hydrogen-bond donors (Lipinski definition) is 0. The van der Waals surface area contributed by atoms with E-state index < -0.39 is 21.7 Å². The van der Waals surface area contributed by atoms with E-state index in [1.807, 2.05) is 24.3 Å². The van der Waals surface area contributed by atoms with Crippen molar-refractivity contribution < 1.29 is 75.8 Å². The maximum absolute atomic E-state index is 6.97. The summed E-state index contributed by atoms with van der Waals surface area (Å²) in [4.78, 5) is 0. The lowest BCUT2D eigenvalue weighted by atomic mass is 9.32. The van der Waals surface area contributed by atoms with Gasteiger partial charge in [-0.05, 0) is 111 Å². The molecule has 4 bridgehead atoms. The minimum atomic E-state index is -0.551. The van der Waals surface area contributed by atoms with Gasteiger partial charge in [0, 0.05) is 43.9 Å². The lowest BCUT2D eigenvalue weighted by Crippen LogP contribution is -2.67. The van der Waals surface area contributed by atoms with Crippen LogP contribution < -0.4 is 37.9 Å². The molecule has 74 heavy (non-hydrogen) atoms. The van der Waals surface area contributed by atoms with E-state index in [0.717, 1.165) is 107 Å². The number of benzene rings is 4. The molecule has 4 saturated carbocycles. The molecule has 8 atom stereocenters. The minimum Gasteiger partial charge on any atom is -0.491 e. The van der Waals surface area contributed by atoms with Crippen LogP contribution in [0.3, 0.4) is 0 Å². The molecule has 0 spiro atoms. The molecule has 4 aromatic carbocycles. The van der Waals surface area contributed by atoms with Crippen molar-refractivity contribution >= 4 is 0 Å². The van der Waals surface area contributed by atoms with Crippen LogP contribution in [-0.2, 0) is 59.6 Å². The summed E-state index contributed by atoms with van der Waals surface area (Å²) in [5.41, 5.74) is 2.23. The summed E-state index contributed by atoms with van der Waals surface area (Å²) in [6, 6.07) is 25.7. The van der Waals surface area contributed by atoms with E-state index in [9.17, 15) is 0 Å². The molecule has 0 N–H and O–H groups in total. The number of hydrogen-bond acceptors (Lipinski definition) is 16. The summed E-state index contributed by atoms with van der Waals surface area (Å²) in [5, 5.41) is 0. The fourth-order valence-electron chi connectivity index (χ4n) is 13.1. The van der Waals surface area contributed by atoms with Crippen LogP contribution in [0.25, 0.3) is 0 Å². The van der Waals surface area contributed by atoms with Gasteiger partial charge in [0.25, 0.3) is 0 Å². The summed E-state index contributed by atoms with van der Waals surface area (Å²) < 4.78 is 100.0. The highest BCUT2D eigenvalue weighted by atomic mass is 16.6. The van der Waals surface area contributed by atoms with Crippen molar-refractivity contribution in [1.29, 1.82) is 0 Å². The SMILES string of the molecule is c1cc(OCC2CO2)c(C23CC4(c5cc(OCC6CO6)ccc5OCC5CO5)CC(c5cc(OCC6CO6)ccc5OCC5CO5)(C2)CC(c2cc(OCC5CO5)ccc2OCC2CO2)(C3)C4)cc1OCC1CO1. The normalized spacial score (nSPS) is 35.6. The molecule has 12 aliphatic rings. The molecule has 0 amide bonds. The molecular formula is C58H64O16. The van der Waals surface area contributed by atoms with Gasteiger partial charge in [0.1, 0.15) is 148 Å². The van der Waals surface area contributed by atoms with Gasteiger partial charge in [-0.2, -0.15) is 0 Å². The monoisotopic (exact) mass is 1020 g/mol. The van der Waals surface area contributed by atoms with Gasteiger partial charge in [0.05, 0.1) is 52.9 Å². The topological polar surface area (TPSA) is 174 Å². The first-order valence-electron chi connectivity index (χ1n) is 26.9. The summed E-state index contributed by atoms with van der Waals surface area (Å²) in [5.74, 6) is 6.43. The molecule has 8 unspecified atom stereocenters. The Labute approximate surface area is 430 Å². The summed E-state index contributed by atoms with van der Waals surface area (Å²) in [6.45, 7) is 9.17. The van der Waals surface area contributed by atoms with E-state index in [1.54, 1.807) is 0 Å². The Hall–Kier alpha value is -5.04. The van der Waals surface area contributed by atoms with Gasteiger partial charge < -0.3 is 75.8 Å². The standard InChI is InChI=1S/C58H64O16/c1-5-51(71-25-43-21-67-43)47(9-35(1)59-13-39-17-63-39)55-29-56(48-10-36(60-14-40-18-64-40)2-6-52(48)72-26-44-22-68-44)32-57(30-55,49-11-37(61-15-41-19-65-41)3-7-53(49)73-27-45-23-69-45)34-58(31-55,33-56)50-12-38(62-16-42-20-66-42)4-8-54(50)74-28-46-24-70-46/h1-12,39-46H,13-34H2. The summed E-state index contributed by atoms with van der Waals surface area (Å²) in [6.07, 6.45) is 5.19. The highest BCUT2D eigenvalue weighted by molar-refractivity contribution is 5.60. The van der Waals surface area contributed by atoms with Crippen LogP contribution >= 0.6 is 0 Å². The molecule has 16 nitrogen and oxygen atoms in total. The van der Waals surface area contributed by atoms with Gasteiger partial charge in [-0.25, -0.2) is 0 Å². The van der Waals surface area contributed by atoms with E-state index >= 15 is 0 Å². The zero-order valence-corrected chi connectivity index (χ0v) is 41.6. The number of ether oxygens (including phenoxy) is 16. The molecule has 8 heterocycles. The third-order valence-corrected chi connectivity index (χ3v) is 16.8. The molecular weight excluding hydrogens is 953 g/mol. The highest BCUT2D eigenvalue weighted by Crippen LogP contribution is 2.77. The number of rotatable bonds is 28. The second kappa shape index (κ2) is 18.3. The fraction of sp³-hybridized carbons (Fsp3) is 0.586. The molecule has 0 radical (unpaired) electrons. The lowest BCUT2D eigenvalue weighted by Gasteiger charge is -2.71. The predicted octanol–water partition coefficient (Wildman–Crippen LogP) is 6.34.